The molecule has 2 N–H and O–H groups in total. The molecule has 0 heterocycles. The highest BCUT2D eigenvalue weighted by Crippen LogP contribution is 1.82. The summed E-state index contributed by atoms with van der Waals surface area (Å²) in [7, 11) is 3.30. The van der Waals surface area contributed by atoms with Crippen LogP contribution in [-0.2, 0) is 0 Å². The number of amides is 2. The lowest BCUT2D eigenvalue weighted by Crippen LogP contribution is -2.13. The van der Waals surface area contributed by atoms with Crippen LogP contribution in [0.25, 0.3) is 0 Å². The van der Waals surface area contributed by atoms with E-state index in [9.17, 15) is 4.79 Å². The van der Waals surface area contributed by atoms with Crippen molar-refractivity contribution in [3.63, 3.8) is 0 Å². The minimum atomic E-state index is -0.639. The van der Waals surface area contributed by atoms with E-state index in [4.69, 9.17) is 4.79 Å². The summed E-state index contributed by atoms with van der Waals surface area (Å²) < 4.78 is 0. The topological polar surface area (TPSA) is 63.4 Å². The molecule has 76 valence electrons. The number of hydrogen-bond donors (Lipinski definition) is 3. The summed E-state index contributed by atoms with van der Waals surface area (Å²) in [6.45, 7) is 1.65. The average Bonchev–Trinajstić information content (AvgIpc) is 1.87. The largest absolute Gasteiger partial charge is 0.361 e. The maximum absolute atomic E-state index is 9.93. The van der Waals surface area contributed by atoms with Crippen LogP contribution in [0.1, 0.15) is 6.92 Å². The maximum Gasteiger partial charge on any atom is 0.278 e. The van der Waals surface area contributed by atoms with Gasteiger partial charge in [0.15, 0.2) is 0 Å². The number of carbonyl (C=O) groups excluding carboxylic acids is 2. The molecule has 0 aromatic carbocycles. The van der Waals surface area contributed by atoms with Crippen LogP contribution in [0.15, 0.2) is 0 Å². The summed E-state index contributed by atoms with van der Waals surface area (Å²) in [5.41, 5.74) is 4.34. The van der Waals surface area contributed by atoms with Crippen LogP contribution in [0.2, 0.25) is 0 Å². The van der Waals surface area contributed by atoms with Crippen LogP contribution >= 0.6 is 25.3 Å². The Morgan fingerprint density at radius 1 is 1.38 bits per heavy atom. The summed E-state index contributed by atoms with van der Waals surface area (Å²) >= 11 is 6.58. The Hall–Kier alpha value is -0.800. The molecule has 0 saturated carbocycles. The second-order valence-corrected chi connectivity index (χ2v) is 2.63. The van der Waals surface area contributed by atoms with E-state index in [2.05, 4.69) is 43.3 Å². The van der Waals surface area contributed by atoms with Crippen LogP contribution in [0, 0.1) is 12.3 Å². The van der Waals surface area contributed by atoms with Gasteiger partial charge in [0.1, 0.15) is 0 Å². The number of thiol groups is 2. The van der Waals surface area contributed by atoms with Crippen molar-refractivity contribution in [2.24, 2.45) is 5.73 Å². The smallest absolute Gasteiger partial charge is 0.278 e. The fraction of sp³-hybridized carbons (Fsp3) is 0.429. The van der Waals surface area contributed by atoms with E-state index in [1.807, 2.05) is 0 Å². The van der Waals surface area contributed by atoms with Crippen molar-refractivity contribution in [2.45, 2.75) is 6.92 Å². The Bertz CT molecular complexity index is 183. The van der Waals surface area contributed by atoms with E-state index in [0.29, 0.717) is 0 Å². The predicted molar refractivity (Wildman–Crippen MR) is 61.1 cm³/mol. The van der Waals surface area contributed by atoms with Gasteiger partial charge in [-0.05, 0) is 6.92 Å². The summed E-state index contributed by atoms with van der Waals surface area (Å²) in [6.07, 6.45) is 4.60. The zero-order chi connectivity index (χ0) is 11.4. The molecule has 0 atom stereocenters. The second kappa shape index (κ2) is 13.8. The van der Waals surface area contributed by atoms with E-state index in [-0.39, 0.29) is 5.24 Å². The van der Waals surface area contributed by atoms with Crippen LogP contribution in [0.4, 0.5) is 9.59 Å². The zero-order valence-corrected chi connectivity index (χ0v) is 9.60. The first kappa shape index (κ1) is 18.1. The molecular weight excluding hydrogens is 208 g/mol. The van der Waals surface area contributed by atoms with Gasteiger partial charge in [0.25, 0.3) is 10.5 Å². The number of primary amides is 1. The Labute approximate surface area is 89.7 Å². The second-order valence-electron chi connectivity index (χ2n) is 1.80. The summed E-state index contributed by atoms with van der Waals surface area (Å²) in [5, 5.41) is -0.852. The molecule has 0 bridgehead atoms. The zero-order valence-electron chi connectivity index (χ0n) is 7.81. The first-order valence-electron chi connectivity index (χ1n) is 3.05. The number of hydrogen-bond acceptors (Lipinski definition) is 2. The number of nitrogens with two attached hydrogens (primary N) is 1. The van der Waals surface area contributed by atoms with Crippen LogP contribution in [0.5, 0.6) is 0 Å². The molecule has 2 amide bonds. The van der Waals surface area contributed by atoms with Gasteiger partial charge in [-0.3, -0.25) is 9.59 Å². The highest BCUT2D eigenvalue weighted by molar-refractivity contribution is 7.96. The normalized spacial score (nSPS) is 6.15. The minimum Gasteiger partial charge on any atom is -0.361 e. The van der Waals surface area contributed by atoms with Gasteiger partial charge >= 0.3 is 0 Å². The van der Waals surface area contributed by atoms with Crippen molar-refractivity contribution >= 4 is 35.7 Å². The molecule has 0 aliphatic rings. The third-order valence-corrected chi connectivity index (χ3v) is 0.783. The van der Waals surface area contributed by atoms with E-state index in [0.717, 1.165) is 0 Å². The van der Waals surface area contributed by atoms with Crippen molar-refractivity contribution in [1.82, 2.24) is 4.90 Å². The predicted octanol–water partition coefficient (Wildman–Crippen LogP) is 1.23. The molecule has 0 aliphatic carbocycles. The molecule has 0 aliphatic heterocycles. The summed E-state index contributed by atoms with van der Waals surface area (Å²) in [4.78, 5) is 20.4. The van der Waals surface area contributed by atoms with Gasteiger partial charge in [-0.25, -0.2) is 0 Å². The van der Waals surface area contributed by atoms with Gasteiger partial charge in [-0.1, -0.05) is 25.3 Å². The van der Waals surface area contributed by atoms with Gasteiger partial charge in [-0.2, -0.15) is 0 Å². The monoisotopic (exact) mass is 222 g/mol. The SMILES string of the molecule is C#CC.CN(C)C(=O)S.NC(=O)S. The third-order valence-electron chi connectivity index (χ3n) is 0.383. The molecule has 4 nitrogen and oxygen atoms in total. The molecule has 0 aromatic heterocycles. The molecule has 6 heteroatoms. The van der Waals surface area contributed by atoms with Crippen LogP contribution < -0.4 is 5.73 Å². The highest BCUT2D eigenvalue weighted by Gasteiger charge is 1.89. The lowest BCUT2D eigenvalue weighted by Gasteiger charge is -2.01. The average molecular weight is 222 g/mol. The fourth-order valence-electron chi connectivity index (χ4n) is 0. The Morgan fingerprint density at radius 3 is 1.46 bits per heavy atom. The molecule has 0 saturated heterocycles. The van der Waals surface area contributed by atoms with Crippen LogP contribution in [0.3, 0.4) is 0 Å². The molecule has 0 fully saturated rings. The van der Waals surface area contributed by atoms with Crippen molar-refractivity contribution in [1.29, 1.82) is 0 Å². The molecule has 0 rings (SSSR count). The number of rotatable bonds is 0. The van der Waals surface area contributed by atoms with E-state index in [1.165, 1.54) is 4.90 Å². The third kappa shape index (κ3) is 92.6. The van der Waals surface area contributed by atoms with E-state index < -0.39 is 5.24 Å². The summed E-state index contributed by atoms with van der Waals surface area (Å²) in [6, 6.07) is 0. The van der Waals surface area contributed by atoms with Crippen molar-refractivity contribution < 1.29 is 9.59 Å². The molecule has 0 spiro atoms. The standard InChI is InChI=1S/C3H7NOS.C3H4.CH3NOS/c1-4(2)3(5)6;1-3-2;2-1(3)4/h1-2H3,(H,5,6);1H,2H3;(H3,2,3,4). The van der Waals surface area contributed by atoms with E-state index in [1.54, 1.807) is 21.0 Å². The number of carbonyl (C=O) groups is 2. The highest BCUT2D eigenvalue weighted by atomic mass is 32.1. The van der Waals surface area contributed by atoms with Crippen molar-refractivity contribution in [3.8, 4) is 12.3 Å². The van der Waals surface area contributed by atoms with E-state index >= 15 is 0 Å². The van der Waals surface area contributed by atoms with Gasteiger partial charge < -0.3 is 10.6 Å². The maximum atomic E-state index is 9.93. The Morgan fingerprint density at radius 2 is 1.46 bits per heavy atom. The van der Waals surface area contributed by atoms with Gasteiger partial charge in [0.05, 0.1) is 0 Å². The van der Waals surface area contributed by atoms with Gasteiger partial charge in [0, 0.05) is 14.1 Å². The first-order chi connectivity index (χ1) is 5.79. The van der Waals surface area contributed by atoms with Gasteiger partial charge in [-0.15, -0.1) is 12.3 Å². The molecule has 0 aromatic rings. The lowest BCUT2D eigenvalue weighted by atomic mass is 10.9. The minimum absolute atomic E-state index is 0.213. The quantitative estimate of drug-likeness (QED) is 0.426. The van der Waals surface area contributed by atoms with Crippen molar-refractivity contribution in [3.05, 3.63) is 0 Å². The Kier molecular flexibility index (Phi) is 19.1. The van der Waals surface area contributed by atoms with Gasteiger partial charge in [0.2, 0.25) is 0 Å². The van der Waals surface area contributed by atoms with Crippen LogP contribution in [-0.4, -0.2) is 29.5 Å². The molecular formula is C7H14N2O2S2. The van der Waals surface area contributed by atoms with Crippen molar-refractivity contribution in [2.75, 3.05) is 14.1 Å². The lowest BCUT2D eigenvalue weighted by molar-refractivity contribution is 0.241. The fourth-order valence-corrected chi connectivity index (χ4v) is 0. The number of terminal acetylenes is 1. The first-order valence-corrected chi connectivity index (χ1v) is 3.95. The molecule has 0 radical (unpaired) electrons. The molecule has 13 heavy (non-hydrogen) atoms. The number of nitrogens with zero attached hydrogens (tertiary/aromatic N) is 1. The Balaban J connectivity index is -0.000000125. The summed E-state index contributed by atoms with van der Waals surface area (Å²) in [5.74, 6) is 2.25. The molecule has 0 unspecified atom stereocenters.